The highest BCUT2D eigenvalue weighted by Crippen LogP contribution is 2.33. The number of aromatic nitrogens is 2. The lowest BCUT2D eigenvalue weighted by atomic mass is 10.1. The summed E-state index contributed by atoms with van der Waals surface area (Å²) >= 11 is 5.50. The minimum atomic E-state index is 0.762. The highest BCUT2D eigenvalue weighted by Gasteiger charge is 2.19. The molecule has 0 fully saturated rings. The quantitative estimate of drug-likeness (QED) is 0.904. The molecule has 104 valence electrons. The van der Waals surface area contributed by atoms with E-state index in [4.69, 9.17) is 9.97 Å². The fourth-order valence-corrected chi connectivity index (χ4v) is 3.77. The highest BCUT2D eigenvalue weighted by molar-refractivity contribution is 9.10. The molecule has 0 amide bonds. The van der Waals surface area contributed by atoms with E-state index in [2.05, 4.69) is 46.4 Å². The molecule has 1 aliphatic heterocycles. The van der Waals surface area contributed by atoms with E-state index in [9.17, 15) is 0 Å². The SMILES string of the molecule is CCNc1nc(Cc2ccccc2Br)nc2c1CSC2. The zero-order valence-corrected chi connectivity index (χ0v) is 13.7. The normalized spacial score (nSPS) is 13.3. The Morgan fingerprint density at radius 2 is 2.10 bits per heavy atom. The van der Waals surface area contributed by atoms with Crippen molar-refractivity contribution in [2.24, 2.45) is 0 Å². The number of nitrogens with one attached hydrogen (secondary N) is 1. The number of nitrogens with zero attached hydrogens (tertiary/aromatic N) is 2. The van der Waals surface area contributed by atoms with Gasteiger partial charge in [0.2, 0.25) is 0 Å². The van der Waals surface area contributed by atoms with Gasteiger partial charge in [0.15, 0.2) is 0 Å². The lowest BCUT2D eigenvalue weighted by molar-refractivity contribution is 0.921. The number of fused-ring (bicyclic) bond motifs is 1. The molecule has 0 saturated carbocycles. The summed E-state index contributed by atoms with van der Waals surface area (Å²) in [7, 11) is 0. The van der Waals surface area contributed by atoms with E-state index in [0.717, 1.165) is 40.6 Å². The van der Waals surface area contributed by atoms with E-state index in [1.165, 1.54) is 16.8 Å². The molecule has 3 nitrogen and oxygen atoms in total. The minimum absolute atomic E-state index is 0.762. The summed E-state index contributed by atoms with van der Waals surface area (Å²) in [6.45, 7) is 2.99. The summed E-state index contributed by atoms with van der Waals surface area (Å²) < 4.78 is 1.11. The number of halogens is 1. The Bertz CT molecular complexity index is 631. The summed E-state index contributed by atoms with van der Waals surface area (Å²) in [6, 6.07) is 8.25. The van der Waals surface area contributed by atoms with E-state index in [1.807, 2.05) is 17.8 Å². The zero-order chi connectivity index (χ0) is 13.9. The predicted octanol–water partition coefficient (Wildman–Crippen LogP) is 4.01. The third kappa shape index (κ3) is 2.83. The van der Waals surface area contributed by atoms with Crippen molar-refractivity contribution in [1.29, 1.82) is 0 Å². The number of hydrogen-bond acceptors (Lipinski definition) is 4. The van der Waals surface area contributed by atoms with Crippen LogP contribution in [-0.2, 0) is 17.9 Å². The maximum atomic E-state index is 4.74. The van der Waals surface area contributed by atoms with Gasteiger partial charge in [0, 0.05) is 34.5 Å². The van der Waals surface area contributed by atoms with Crippen molar-refractivity contribution in [3.8, 4) is 0 Å². The molecule has 0 radical (unpaired) electrons. The van der Waals surface area contributed by atoms with E-state index < -0.39 is 0 Å². The molecule has 0 unspecified atom stereocenters. The van der Waals surface area contributed by atoms with E-state index in [1.54, 1.807) is 0 Å². The molecule has 1 N–H and O–H groups in total. The van der Waals surface area contributed by atoms with Gasteiger partial charge in [-0.15, -0.1) is 0 Å². The topological polar surface area (TPSA) is 37.8 Å². The average Bonchev–Trinajstić information content (AvgIpc) is 2.90. The molecule has 0 atom stereocenters. The molecule has 2 aromatic rings. The smallest absolute Gasteiger partial charge is 0.135 e. The van der Waals surface area contributed by atoms with Gasteiger partial charge in [-0.2, -0.15) is 11.8 Å². The van der Waals surface area contributed by atoms with Crippen molar-refractivity contribution >= 4 is 33.5 Å². The second kappa shape index (κ2) is 6.14. The third-order valence-corrected chi connectivity index (χ3v) is 5.02. The standard InChI is InChI=1S/C15H16BrN3S/c1-2-17-15-11-8-20-9-13(11)18-14(19-15)7-10-5-3-4-6-12(10)16/h3-6H,2,7-9H2,1H3,(H,17,18,19). The molecular formula is C15H16BrN3S. The summed E-state index contributed by atoms with van der Waals surface area (Å²) in [4.78, 5) is 9.45. The molecule has 0 aliphatic carbocycles. The van der Waals surface area contributed by atoms with Gasteiger partial charge in [0.05, 0.1) is 5.69 Å². The second-order valence-corrected chi connectivity index (χ2v) is 6.54. The third-order valence-electron chi connectivity index (χ3n) is 3.27. The summed E-state index contributed by atoms with van der Waals surface area (Å²) in [5.41, 5.74) is 3.70. The van der Waals surface area contributed by atoms with Gasteiger partial charge in [0.25, 0.3) is 0 Å². The van der Waals surface area contributed by atoms with Crippen molar-refractivity contribution in [3.63, 3.8) is 0 Å². The van der Waals surface area contributed by atoms with Crippen LogP contribution >= 0.6 is 27.7 Å². The first-order valence-electron chi connectivity index (χ1n) is 6.71. The van der Waals surface area contributed by atoms with Gasteiger partial charge < -0.3 is 5.32 Å². The first kappa shape index (κ1) is 13.9. The van der Waals surface area contributed by atoms with Gasteiger partial charge in [-0.25, -0.2) is 9.97 Å². The average molecular weight is 350 g/mol. The van der Waals surface area contributed by atoms with Crippen LogP contribution in [0.5, 0.6) is 0 Å². The first-order valence-corrected chi connectivity index (χ1v) is 8.66. The predicted molar refractivity (Wildman–Crippen MR) is 88.1 cm³/mol. The minimum Gasteiger partial charge on any atom is -0.370 e. The molecule has 0 saturated heterocycles. The van der Waals surface area contributed by atoms with Crippen molar-refractivity contribution in [2.45, 2.75) is 24.9 Å². The first-order chi connectivity index (χ1) is 9.78. The molecule has 0 spiro atoms. The lowest BCUT2D eigenvalue weighted by Crippen LogP contribution is -2.09. The molecular weight excluding hydrogens is 334 g/mol. The monoisotopic (exact) mass is 349 g/mol. The molecule has 3 rings (SSSR count). The van der Waals surface area contributed by atoms with Crippen molar-refractivity contribution in [2.75, 3.05) is 11.9 Å². The molecule has 1 aromatic heterocycles. The maximum Gasteiger partial charge on any atom is 0.135 e. The highest BCUT2D eigenvalue weighted by atomic mass is 79.9. The van der Waals surface area contributed by atoms with Crippen molar-refractivity contribution in [3.05, 3.63) is 51.4 Å². The molecule has 1 aromatic carbocycles. The Labute approximate surface area is 131 Å². The number of rotatable bonds is 4. The van der Waals surface area contributed by atoms with Crippen LogP contribution in [0.4, 0.5) is 5.82 Å². The van der Waals surface area contributed by atoms with Gasteiger partial charge in [-0.1, -0.05) is 34.1 Å². The lowest BCUT2D eigenvalue weighted by Gasteiger charge is -2.11. The fraction of sp³-hybridized carbons (Fsp3) is 0.333. The van der Waals surface area contributed by atoms with E-state index in [0.29, 0.717) is 0 Å². The molecule has 5 heteroatoms. The van der Waals surface area contributed by atoms with Crippen LogP contribution in [0.15, 0.2) is 28.7 Å². The van der Waals surface area contributed by atoms with Crippen molar-refractivity contribution in [1.82, 2.24) is 9.97 Å². The van der Waals surface area contributed by atoms with E-state index in [-0.39, 0.29) is 0 Å². The Morgan fingerprint density at radius 3 is 2.90 bits per heavy atom. The fourth-order valence-electron chi connectivity index (χ4n) is 2.31. The Kier molecular flexibility index (Phi) is 4.27. The van der Waals surface area contributed by atoms with Gasteiger partial charge in [0.1, 0.15) is 11.6 Å². The van der Waals surface area contributed by atoms with Crippen LogP contribution in [0.2, 0.25) is 0 Å². The Hall–Kier alpha value is -1.07. The van der Waals surface area contributed by atoms with Gasteiger partial charge in [-0.05, 0) is 18.6 Å². The van der Waals surface area contributed by atoms with Crippen LogP contribution < -0.4 is 5.32 Å². The molecule has 1 aliphatic rings. The number of benzene rings is 1. The van der Waals surface area contributed by atoms with Crippen LogP contribution in [0.1, 0.15) is 29.6 Å². The second-order valence-electron chi connectivity index (χ2n) is 4.71. The van der Waals surface area contributed by atoms with Gasteiger partial charge in [-0.3, -0.25) is 0 Å². The Morgan fingerprint density at radius 1 is 1.25 bits per heavy atom. The molecule has 20 heavy (non-hydrogen) atoms. The van der Waals surface area contributed by atoms with Crippen LogP contribution in [0.3, 0.4) is 0 Å². The van der Waals surface area contributed by atoms with Gasteiger partial charge >= 0.3 is 0 Å². The molecule has 2 heterocycles. The van der Waals surface area contributed by atoms with Crippen LogP contribution in [-0.4, -0.2) is 16.5 Å². The number of hydrogen-bond donors (Lipinski definition) is 1. The summed E-state index contributed by atoms with van der Waals surface area (Å²) in [5, 5.41) is 3.37. The van der Waals surface area contributed by atoms with Crippen LogP contribution in [0.25, 0.3) is 0 Å². The summed E-state index contributed by atoms with van der Waals surface area (Å²) in [5.74, 6) is 3.94. The Balaban J connectivity index is 1.94. The van der Waals surface area contributed by atoms with E-state index >= 15 is 0 Å². The maximum absolute atomic E-state index is 4.74. The number of thioether (sulfide) groups is 1. The van der Waals surface area contributed by atoms with Crippen LogP contribution in [0, 0.1) is 0 Å². The summed E-state index contributed by atoms with van der Waals surface area (Å²) in [6.07, 6.45) is 0.762. The molecule has 0 bridgehead atoms. The van der Waals surface area contributed by atoms with Crippen molar-refractivity contribution < 1.29 is 0 Å². The zero-order valence-electron chi connectivity index (χ0n) is 11.3. The number of anilines is 1. The largest absolute Gasteiger partial charge is 0.370 e.